The first kappa shape index (κ1) is 17.7. The van der Waals surface area contributed by atoms with Gasteiger partial charge in [-0.1, -0.05) is 6.07 Å². The van der Waals surface area contributed by atoms with Crippen LogP contribution in [0.2, 0.25) is 0 Å². The van der Waals surface area contributed by atoms with Crippen LogP contribution >= 0.6 is 12.2 Å². The van der Waals surface area contributed by atoms with E-state index in [9.17, 15) is 9.18 Å². The summed E-state index contributed by atoms with van der Waals surface area (Å²) in [4.78, 5) is 11.9. The zero-order chi connectivity index (χ0) is 18.4. The van der Waals surface area contributed by atoms with Crippen molar-refractivity contribution in [3.63, 3.8) is 0 Å². The van der Waals surface area contributed by atoms with E-state index in [1.807, 2.05) is 6.07 Å². The van der Waals surface area contributed by atoms with Crippen molar-refractivity contribution in [3.05, 3.63) is 59.9 Å². The van der Waals surface area contributed by atoms with Gasteiger partial charge >= 0.3 is 0 Å². The van der Waals surface area contributed by atoms with Crippen molar-refractivity contribution in [1.29, 1.82) is 0 Å². The molecule has 8 heteroatoms. The summed E-state index contributed by atoms with van der Waals surface area (Å²) < 4.78 is 23.8. The lowest BCUT2D eigenvalue weighted by molar-refractivity contribution is -0.116. The Labute approximate surface area is 155 Å². The van der Waals surface area contributed by atoms with Crippen molar-refractivity contribution in [1.82, 2.24) is 10.9 Å². The summed E-state index contributed by atoms with van der Waals surface area (Å²) in [5.74, 6) is 0.619. The molecule has 0 bridgehead atoms. The Bertz CT molecular complexity index is 840. The van der Waals surface area contributed by atoms with Gasteiger partial charge in [0.15, 0.2) is 16.6 Å². The molecule has 0 fully saturated rings. The molecule has 0 aliphatic carbocycles. The SMILES string of the molecule is O=C(/C=C/c1ccc2c(c1)OCCO2)NNC(=S)Nc1ccc(F)cc1. The summed E-state index contributed by atoms with van der Waals surface area (Å²) in [5.41, 5.74) is 6.40. The first-order valence-corrected chi connectivity index (χ1v) is 8.21. The third-order valence-electron chi connectivity index (χ3n) is 3.39. The molecule has 0 spiro atoms. The number of hydrazine groups is 1. The molecule has 26 heavy (non-hydrogen) atoms. The Hall–Kier alpha value is -3.13. The van der Waals surface area contributed by atoms with Crippen LogP contribution in [0, 0.1) is 5.82 Å². The molecule has 2 aromatic carbocycles. The van der Waals surface area contributed by atoms with Crippen LogP contribution in [-0.2, 0) is 4.79 Å². The standard InChI is InChI=1S/C18H16FN3O3S/c19-13-3-5-14(6-4-13)20-18(26)22-21-17(23)8-2-12-1-7-15-16(11-12)25-10-9-24-15/h1-8,11H,9-10H2,(H,21,23)(H2,20,22,26)/b8-2+. The van der Waals surface area contributed by atoms with Crippen molar-refractivity contribution in [3.8, 4) is 11.5 Å². The molecule has 134 valence electrons. The second-order valence-electron chi connectivity index (χ2n) is 5.31. The van der Waals surface area contributed by atoms with Gasteiger partial charge in [0.05, 0.1) is 0 Å². The van der Waals surface area contributed by atoms with E-state index in [2.05, 4.69) is 16.2 Å². The number of rotatable bonds is 3. The predicted octanol–water partition coefficient (Wildman–Crippen LogP) is 2.63. The highest BCUT2D eigenvalue weighted by molar-refractivity contribution is 7.80. The maximum atomic E-state index is 12.8. The number of benzene rings is 2. The molecule has 0 aromatic heterocycles. The van der Waals surface area contributed by atoms with E-state index in [1.54, 1.807) is 18.2 Å². The first-order chi connectivity index (χ1) is 12.6. The van der Waals surface area contributed by atoms with Crippen molar-refractivity contribution < 1.29 is 18.7 Å². The highest BCUT2D eigenvalue weighted by Gasteiger charge is 2.10. The molecule has 6 nitrogen and oxygen atoms in total. The number of fused-ring (bicyclic) bond motifs is 1. The zero-order valence-corrected chi connectivity index (χ0v) is 14.4. The van der Waals surface area contributed by atoms with Crippen LogP contribution in [0.3, 0.4) is 0 Å². The van der Waals surface area contributed by atoms with Crippen molar-refractivity contribution in [2.24, 2.45) is 0 Å². The third kappa shape index (κ3) is 4.93. The number of carbonyl (C=O) groups is 1. The van der Waals surface area contributed by atoms with E-state index < -0.39 is 0 Å². The van der Waals surface area contributed by atoms with E-state index in [0.29, 0.717) is 30.4 Å². The topological polar surface area (TPSA) is 71.6 Å². The Kier molecular flexibility index (Phi) is 5.65. The van der Waals surface area contributed by atoms with Crippen LogP contribution in [0.5, 0.6) is 11.5 Å². The smallest absolute Gasteiger partial charge is 0.262 e. The van der Waals surface area contributed by atoms with Gasteiger partial charge < -0.3 is 14.8 Å². The van der Waals surface area contributed by atoms with Crippen LogP contribution in [0.15, 0.2) is 48.5 Å². The van der Waals surface area contributed by atoms with Gasteiger partial charge in [0.1, 0.15) is 19.0 Å². The number of halogens is 1. The molecule has 3 rings (SSSR count). The number of thiocarbonyl (C=S) groups is 1. The van der Waals surface area contributed by atoms with Gasteiger partial charge in [0.2, 0.25) is 0 Å². The van der Waals surface area contributed by atoms with Gasteiger partial charge in [0.25, 0.3) is 5.91 Å². The summed E-state index contributed by atoms with van der Waals surface area (Å²) >= 11 is 5.05. The van der Waals surface area contributed by atoms with Gasteiger partial charge in [-0.2, -0.15) is 0 Å². The summed E-state index contributed by atoms with van der Waals surface area (Å²) in [7, 11) is 0. The molecular formula is C18H16FN3O3S. The van der Waals surface area contributed by atoms with Crippen LogP contribution < -0.4 is 25.6 Å². The number of anilines is 1. The fourth-order valence-corrected chi connectivity index (χ4v) is 2.36. The molecule has 0 atom stereocenters. The Morgan fingerprint density at radius 1 is 1.04 bits per heavy atom. The summed E-state index contributed by atoms with van der Waals surface area (Å²) in [6.07, 6.45) is 3.00. The summed E-state index contributed by atoms with van der Waals surface area (Å²) in [5, 5.41) is 3.00. The van der Waals surface area contributed by atoms with E-state index >= 15 is 0 Å². The quantitative estimate of drug-likeness (QED) is 0.437. The van der Waals surface area contributed by atoms with Crippen molar-refractivity contribution in [2.45, 2.75) is 0 Å². The van der Waals surface area contributed by atoms with E-state index in [1.165, 1.54) is 30.3 Å². The molecule has 3 N–H and O–H groups in total. The maximum absolute atomic E-state index is 12.8. The van der Waals surface area contributed by atoms with E-state index in [4.69, 9.17) is 21.7 Å². The lowest BCUT2D eigenvalue weighted by atomic mass is 10.2. The summed E-state index contributed by atoms with van der Waals surface area (Å²) in [6.45, 7) is 1.03. The number of carbonyl (C=O) groups excluding carboxylic acids is 1. The normalized spacial score (nSPS) is 12.5. The van der Waals surface area contributed by atoms with Crippen LogP contribution in [-0.4, -0.2) is 24.2 Å². The van der Waals surface area contributed by atoms with Crippen LogP contribution in [0.4, 0.5) is 10.1 Å². The minimum Gasteiger partial charge on any atom is -0.486 e. The molecule has 1 heterocycles. The number of nitrogens with one attached hydrogen (secondary N) is 3. The molecule has 0 saturated carbocycles. The number of amides is 1. The molecule has 0 unspecified atom stereocenters. The van der Waals surface area contributed by atoms with E-state index in [0.717, 1.165) is 5.56 Å². The van der Waals surface area contributed by atoms with Crippen LogP contribution in [0.25, 0.3) is 6.08 Å². The number of hydrogen-bond donors (Lipinski definition) is 3. The van der Waals surface area contributed by atoms with Crippen molar-refractivity contribution in [2.75, 3.05) is 18.5 Å². The molecule has 0 radical (unpaired) electrons. The second kappa shape index (κ2) is 8.30. The Balaban J connectivity index is 1.48. The van der Waals surface area contributed by atoms with Gasteiger partial charge in [0, 0.05) is 11.8 Å². The molecule has 1 amide bonds. The third-order valence-corrected chi connectivity index (χ3v) is 3.60. The zero-order valence-electron chi connectivity index (χ0n) is 13.6. The lowest BCUT2D eigenvalue weighted by Gasteiger charge is -2.18. The van der Waals surface area contributed by atoms with Gasteiger partial charge in [-0.3, -0.25) is 15.6 Å². The maximum Gasteiger partial charge on any atom is 0.262 e. The van der Waals surface area contributed by atoms with E-state index in [-0.39, 0.29) is 16.8 Å². The van der Waals surface area contributed by atoms with Gasteiger partial charge in [-0.05, 0) is 60.3 Å². The van der Waals surface area contributed by atoms with Crippen molar-refractivity contribution >= 4 is 35.0 Å². The molecule has 1 aliphatic heterocycles. The Morgan fingerprint density at radius 3 is 2.54 bits per heavy atom. The average Bonchev–Trinajstić information content (AvgIpc) is 2.66. The highest BCUT2D eigenvalue weighted by atomic mass is 32.1. The average molecular weight is 373 g/mol. The predicted molar refractivity (Wildman–Crippen MR) is 100 cm³/mol. The fraction of sp³-hybridized carbons (Fsp3) is 0.111. The largest absolute Gasteiger partial charge is 0.486 e. The van der Waals surface area contributed by atoms with Gasteiger partial charge in [-0.15, -0.1) is 0 Å². The van der Waals surface area contributed by atoms with Crippen LogP contribution in [0.1, 0.15) is 5.56 Å². The first-order valence-electron chi connectivity index (χ1n) is 7.80. The lowest BCUT2D eigenvalue weighted by Crippen LogP contribution is -2.43. The minimum absolute atomic E-state index is 0.178. The second-order valence-corrected chi connectivity index (χ2v) is 5.72. The van der Waals surface area contributed by atoms with Gasteiger partial charge in [-0.25, -0.2) is 4.39 Å². The number of ether oxygens (including phenoxy) is 2. The number of hydrogen-bond acceptors (Lipinski definition) is 4. The summed E-state index contributed by atoms with van der Waals surface area (Å²) in [6, 6.07) is 11.1. The molecule has 1 aliphatic rings. The Morgan fingerprint density at radius 2 is 1.77 bits per heavy atom. The molecule has 2 aromatic rings. The molecule has 0 saturated heterocycles. The molecular weight excluding hydrogens is 357 g/mol. The minimum atomic E-state index is -0.386. The highest BCUT2D eigenvalue weighted by Crippen LogP contribution is 2.31. The fourth-order valence-electron chi connectivity index (χ4n) is 2.19. The monoisotopic (exact) mass is 373 g/mol.